The molecule has 1 unspecified atom stereocenters. The average molecular weight is 439 g/mol. The van der Waals surface area contributed by atoms with Crippen molar-refractivity contribution >= 4 is 16.9 Å². The molecule has 0 aliphatic carbocycles. The van der Waals surface area contributed by atoms with Gasteiger partial charge < -0.3 is 14.2 Å². The van der Waals surface area contributed by atoms with Crippen LogP contribution in [0.3, 0.4) is 0 Å². The quantitative estimate of drug-likeness (QED) is 0.383. The van der Waals surface area contributed by atoms with Crippen molar-refractivity contribution in [1.29, 1.82) is 0 Å². The van der Waals surface area contributed by atoms with Gasteiger partial charge in [-0.15, -0.1) is 0 Å². The molecule has 1 atom stereocenters. The molecule has 2 aromatic heterocycles. The highest BCUT2D eigenvalue weighted by Gasteiger charge is 2.23. The highest BCUT2D eigenvalue weighted by molar-refractivity contribution is 5.90. The van der Waals surface area contributed by atoms with E-state index in [1.54, 1.807) is 6.33 Å². The number of para-hydroxylation sites is 1. The SMILES string of the molecule is C=CC(=O)N1CCCC(Cn2ccc3ncnc(-c4cccc(Oc5ccccc5)c4)c32)C1. The van der Waals surface area contributed by atoms with Crippen molar-refractivity contribution in [2.24, 2.45) is 5.92 Å². The Labute approximate surface area is 193 Å². The number of fused-ring (bicyclic) bond motifs is 1. The van der Waals surface area contributed by atoms with Crippen LogP contribution in [-0.2, 0) is 11.3 Å². The van der Waals surface area contributed by atoms with Crippen molar-refractivity contribution in [2.75, 3.05) is 13.1 Å². The van der Waals surface area contributed by atoms with Gasteiger partial charge in [-0.25, -0.2) is 9.97 Å². The molecule has 1 aliphatic heterocycles. The van der Waals surface area contributed by atoms with E-state index >= 15 is 0 Å². The van der Waals surface area contributed by atoms with Crippen molar-refractivity contribution in [3.05, 3.63) is 85.8 Å². The summed E-state index contributed by atoms with van der Waals surface area (Å²) >= 11 is 0. The van der Waals surface area contributed by atoms with E-state index in [0.29, 0.717) is 5.92 Å². The van der Waals surface area contributed by atoms with Gasteiger partial charge >= 0.3 is 0 Å². The third kappa shape index (κ3) is 4.51. The first kappa shape index (κ1) is 20.9. The second kappa shape index (κ2) is 9.28. The highest BCUT2D eigenvalue weighted by Crippen LogP contribution is 2.31. The maximum atomic E-state index is 12.1. The molecule has 6 heteroatoms. The van der Waals surface area contributed by atoms with Crippen molar-refractivity contribution in [2.45, 2.75) is 19.4 Å². The van der Waals surface area contributed by atoms with Gasteiger partial charge in [0.15, 0.2) is 0 Å². The molecule has 2 aromatic carbocycles. The van der Waals surface area contributed by atoms with Gasteiger partial charge in [-0.1, -0.05) is 36.9 Å². The Hall–Kier alpha value is -3.93. The summed E-state index contributed by atoms with van der Waals surface area (Å²) in [6, 6.07) is 19.8. The Balaban J connectivity index is 1.44. The van der Waals surface area contributed by atoms with Crippen molar-refractivity contribution in [3.8, 4) is 22.8 Å². The predicted molar refractivity (Wildman–Crippen MR) is 129 cm³/mol. The van der Waals surface area contributed by atoms with E-state index in [9.17, 15) is 4.79 Å². The monoisotopic (exact) mass is 438 g/mol. The standard InChI is InChI=1S/C27H26N4O2/c1-2-25(32)30-14-7-8-20(17-30)18-31-15-13-24-27(31)26(29-19-28-24)21-9-6-12-23(16-21)33-22-10-4-3-5-11-22/h2-6,9-13,15-16,19-20H,1,7-8,14,17-18H2. The molecule has 0 bridgehead atoms. The summed E-state index contributed by atoms with van der Waals surface area (Å²) < 4.78 is 8.26. The van der Waals surface area contributed by atoms with Gasteiger partial charge in [-0.05, 0) is 55.2 Å². The molecule has 0 radical (unpaired) electrons. The van der Waals surface area contributed by atoms with Crippen LogP contribution in [0.1, 0.15) is 12.8 Å². The second-order valence-electron chi connectivity index (χ2n) is 8.36. The lowest BCUT2D eigenvalue weighted by Crippen LogP contribution is -2.40. The van der Waals surface area contributed by atoms with Crippen LogP contribution in [0, 0.1) is 5.92 Å². The van der Waals surface area contributed by atoms with Crippen molar-refractivity contribution < 1.29 is 9.53 Å². The van der Waals surface area contributed by atoms with Crippen LogP contribution in [0.2, 0.25) is 0 Å². The summed E-state index contributed by atoms with van der Waals surface area (Å²) in [5.41, 5.74) is 3.76. The maximum absolute atomic E-state index is 12.1. The number of hydrogen-bond donors (Lipinski definition) is 0. The van der Waals surface area contributed by atoms with Crippen LogP contribution in [0.4, 0.5) is 0 Å². The van der Waals surface area contributed by atoms with Gasteiger partial charge in [0.25, 0.3) is 0 Å². The average Bonchev–Trinajstić information content (AvgIpc) is 3.27. The minimum atomic E-state index is 0.0105. The summed E-state index contributed by atoms with van der Waals surface area (Å²) in [5.74, 6) is 1.94. The topological polar surface area (TPSA) is 60.2 Å². The number of carbonyl (C=O) groups excluding carboxylic acids is 1. The van der Waals surface area contributed by atoms with E-state index in [2.05, 4.69) is 27.3 Å². The van der Waals surface area contributed by atoms with E-state index in [-0.39, 0.29) is 5.91 Å². The number of carbonyl (C=O) groups is 1. The minimum absolute atomic E-state index is 0.0105. The zero-order valence-corrected chi connectivity index (χ0v) is 18.4. The lowest BCUT2D eigenvalue weighted by atomic mass is 9.97. The third-order valence-corrected chi connectivity index (χ3v) is 6.10. The lowest BCUT2D eigenvalue weighted by molar-refractivity contribution is -0.127. The third-order valence-electron chi connectivity index (χ3n) is 6.10. The van der Waals surface area contributed by atoms with Crippen molar-refractivity contribution in [3.63, 3.8) is 0 Å². The van der Waals surface area contributed by atoms with Crippen LogP contribution in [0.25, 0.3) is 22.3 Å². The van der Waals surface area contributed by atoms with E-state index in [1.807, 2.05) is 65.6 Å². The summed E-state index contributed by atoms with van der Waals surface area (Å²) in [5, 5.41) is 0. The van der Waals surface area contributed by atoms with Gasteiger partial charge in [0.1, 0.15) is 17.8 Å². The van der Waals surface area contributed by atoms with Crippen molar-refractivity contribution in [1.82, 2.24) is 19.4 Å². The molecule has 0 N–H and O–H groups in total. The Morgan fingerprint density at radius 2 is 1.94 bits per heavy atom. The largest absolute Gasteiger partial charge is 0.457 e. The fourth-order valence-corrected chi connectivity index (χ4v) is 4.55. The molecule has 3 heterocycles. The molecule has 33 heavy (non-hydrogen) atoms. The first-order valence-corrected chi connectivity index (χ1v) is 11.3. The van der Waals surface area contributed by atoms with Gasteiger partial charge in [-0.3, -0.25) is 4.79 Å². The number of aromatic nitrogens is 3. The van der Waals surface area contributed by atoms with E-state index in [0.717, 1.165) is 66.3 Å². The molecule has 5 rings (SSSR count). The van der Waals surface area contributed by atoms with Gasteiger partial charge in [-0.2, -0.15) is 0 Å². The maximum Gasteiger partial charge on any atom is 0.245 e. The summed E-state index contributed by atoms with van der Waals surface area (Å²) in [6.07, 6.45) is 7.18. The minimum Gasteiger partial charge on any atom is -0.457 e. The number of hydrogen-bond acceptors (Lipinski definition) is 4. The van der Waals surface area contributed by atoms with E-state index in [1.165, 1.54) is 6.08 Å². The molecule has 0 saturated carbocycles. The lowest BCUT2D eigenvalue weighted by Gasteiger charge is -2.32. The number of piperidine rings is 1. The van der Waals surface area contributed by atoms with E-state index < -0.39 is 0 Å². The Bertz CT molecular complexity index is 1280. The molecule has 166 valence electrons. The number of nitrogens with zero attached hydrogens (tertiary/aromatic N) is 4. The Morgan fingerprint density at radius 1 is 1.09 bits per heavy atom. The molecule has 1 saturated heterocycles. The first-order valence-electron chi connectivity index (χ1n) is 11.3. The zero-order valence-electron chi connectivity index (χ0n) is 18.4. The summed E-state index contributed by atoms with van der Waals surface area (Å²) in [7, 11) is 0. The fourth-order valence-electron chi connectivity index (χ4n) is 4.55. The molecule has 1 fully saturated rings. The van der Waals surface area contributed by atoms with Gasteiger partial charge in [0.05, 0.1) is 16.7 Å². The van der Waals surface area contributed by atoms with Crippen LogP contribution >= 0.6 is 0 Å². The molecule has 6 nitrogen and oxygen atoms in total. The smallest absolute Gasteiger partial charge is 0.245 e. The van der Waals surface area contributed by atoms with Crippen LogP contribution in [0.5, 0.6) is 11.5 Å². The number of amides is 1. The van der Waals surface area contributed by atoms with Crippen LogP contribution in [-0.4, -0.2) is 38.4 Å². The molecule has 1 aliphatic rings. The first-order chi connectivity index (χ1) is 16.2. The van der Waals surface area contributed by atoms with Gasteiger partial charge in [0, 0.05) is 31.4 Å². The highest BCUT2D eigenvalue weighted by atomic mass is 16.5. The molecule has 0 spiro atoms. The molecule has 1 amide bonds. The molecule has 4 aromatic rings. The Morgan fingerprint density at radius 3 is 2.79 bits per heavy atom. The zero-order chi connectivity index (χ0) is 22.6. The van der Waals surface area contributed by atoms with Gasteiger partial charge in [0.2, 0.25) is 5.91 Å². The summed E-state index contributed by atoms with van der Waals surface area (Å²) in [6.45, 7) is 5.99. The fraction of sp³-hybridized carbons (Fsp3) is 0.222. The number of likely N-dealkylation sites (tertiary alicyclic amines) is 1. The Kier molecular flexibility index (Phi) is 5.89. The summed E-state index contributed by atoms with van der Waals surface area (Å²) in [4.78, 5) is 23.1. The van der Waals surface area contributed by atoms with E-state index in [4.69, 9.17) is 4.74 Å². The molecular weight excluding hydrogens is 412 g/mol. The number of rotatable bonds is 6. The van der Waals surface area contributed by atoms with Crippen LogP contribution < -0.4 is 4.74 Å². The van der Waals surface area contributed by atoms with Crippen LogP contribution in [0.15, 0.2) is 85.8 Å². The predicted octanol–water partition coefficient (Wildman–Crippen LogP) is 5.32. The number of ether oxygens (including phenoxy) is 1. The second-order valence-corrected chi connectivity index (χ2v) is 8.36. The normalized spacial score (nSPS) is 16.0. The molecular formula is C27H26N4O2. The number of benzene rings is 2.